The van der Waals surface area contributed by atoms with Gasteiger partial charge in [0.15, 0.2) is 0 Å². The quantitative estimate of drug-likeness (QED) is 0.728. The van der Waals surface area contributed by atoms with Crippen molar-refractivity contribution in [3.63, 3.8) is 0 Å². The molecule has 0 radical (unpaired) electrons. The molecule has 0 bridgehead atoms. The summed E-state index contributed by atoms with van der Waals surface area (Å²) in [6, 6.07) is 4.58. The number of sulfonamides is 1. The van der Waals surface area contributed by atoms with Crippen molar-refractivity contribution in [1.82, 2.24) is 0 Å². The Morgan fingerprint density at radius 1 is 1.19 bits per heavy atom. The minimum atomic E-state index is -3.69. The molecule has 1 aromatic carbocycles. The number of primary sulfonamides is 1. The second-order valence-electron chi connectivity index (χ2n) is 5.97. The molecule has 1 aliphatic rings. The summed E-state index contributed by atoms with van der Waals surface area (Å²) in [5.41, 5.74) is 7.09. The largest absolute Gasteiger partial charge is 0.397 e. The van der Waals surface area contributed by atoms with E-state index in [1.54, 1.807) is 6.07 Å². The third-order valence-electron chi connectivity index (χ3n) is 4.48. The zero-order chi connectivity index (χ0) is 15.5. The average Bonchev–Trinajstić information content (AvgIpc) is 2.45. The number of anilines is 2. The Kier molecular flexibility index (Phi) is 5.11. The van der Waals surface area contributed by atoms with Gasteiger partial charge in [0.05, 0.1) is 16.3 Å². The molecule has 6 heteroatoms. The highest BCUT2D eigenvalue weighted by Crippen LogP contribution is 2.31. The number of hydrogen-bond donors (Lipinski definition) is 3. The van der Waals surface area contributed by atoms with Gasteiger partial charge < -0.3 is 11.1 Å². The molecule has 5 N–H and O–H groups in total. The molecule has 0 spiro atoms. The van der Waals surface area contributed by atoms with Gasteiger partial charge in [-0.15, -0.1) is 0 Å². The molecule has 0 aliphatic heterocycles. The Hall–Kier alpha value is -1.27. The van der Waals surface area contributed by atoms with Crippen molar-refractivity contribution in [3.8, 4) is 0 Å². The molecule has 21 heavy (non-hydrogen) atoms. The molecule has 0 atom stereocenters. The summed E-state index contributed by atoms with van der Waals surface area (Å²) >= 11 is 0. The van der Waals surface area contributed by atoms with Crippen LogP contribution < -0.4 is 16.2 Å². The lowest BCUT2D eigenvalue weighted by atomic mass is 9.81. The second kappa shape index (κ2) is 6.66. The van der Waals surface area contributed by atoms with Crippen LogP contribution in [0.3, 0.4) is 0 Å². The molecule has 0 aromatic heterocycles. The van der Waals surface area contributed by atoms with Crippen LogP contribution in [0.15, 0.2) is 23.1 Å². The third kappa shape index (κ3) is 4.35. The molecule has 0 amide bonds. The van der Waals surface area contributed by atoms with Gasteiger partial charge in [-0.1, -0.05) is 26.2 Å². The van der Waals surface area contributed by atoms with Gasteiger partial charge in [0.25, 0.3) is 0 Å². The van der Waals surface area contributed by atoms with Gasteiger partial charge >= 0.3 is 0 Å². The van der Waals surface area contributed by atoms with Crippen LogP contribution in [0.4, 0.5) is 11.4 Å². The minimum Gasteiger partial charge on any atom is -0.397 e. The summed E-state index contributed by atoms with van der Waals surface area (Å²) in [6.07, 6.45) is 6.40. The van der Waals surface area contributed by atoms with Gasteiger partial charge in [-0.2, -0.15) is 0 Å². The number of rotatable bonds is 5. The fourth-order valence-corrected chi connectivity index (χ4v) is 3.53. The Bertz CT molecular complexity index is 579. The van der Waals surface area contributed by atoms with Crippen LogP contribution in [0.1, 0.15) is 39.0 Å². The average molecular weight is 311 g/mol. The van der Waals surface area contributed by atoms with Crippen molar-refractivity contribution in [3.05, 3.63) is 18.2 Å². The van der Waals surface area contributed by atoms with E-state index >= 15 is 0 Å². The first-order valence-corrected chi connectivity index (χ1v) is 9.11. The van der Waals surface area contributed by atoms with Crippen molar-refractivity contribution in [2.45, 2.75) is 43.9 Å². The Morgan fingerprint density at radius 2 is 1.81 bits per heavy atom. The van der Waals surface area contributed by atoms with Crippen LogP contribution in [-0.4, -0.2) is 15.0 Å². The lowest BCUT2D eigenvalue weighted by Gasteiger charge is -2.28. The Morgan fingerprint density at radius 3 is 2.33 bits per heavy atom. The predicted molar refractivity (Wildman–Crippen MR) is 86.5 cm³/mol. The van der Waals surface area contributed by atoms with Crippen molar-refractivity contribution in [2.24, 2.45) is 17.0 Å². The summed E-state index contributed by atoms with van der Waals surface area (Å²) in [7, 11) is -3.69. The van der Waals surface area contributed by atoms with Crippen molar-refractivity contribution in [1.29, 1.82) is 0 Å². The van der Waals surface area contributed by atoms with Crippen LogP contribution >= 0.6 is 0 Å². The molecular formula is C15H25N3O2S. The molecule has 1 aliphatic carbocycles. The Balaban J connectivity index is 1.92. The highest BCUT2D eigenvalue weighted by atomic mass is 32.2. The van der Waals surface area contributed by atoms with Crippen LogP contribution in [0.5, 0.6) is 0 Å². The second-order valence-corrected chi connectivity index (χ2v) is 7.53. The summed E-state index contributed by atoms with van der Waals surface area (Å²) < 4.78 is 22.5. The van der Waals surface area contributed by atoms with Crippen molar-refractivity contribution >= 4 is 21.4 Å². The number of nitrogen functional groups attached to an aromatic ring is 1. The summed E-state index contributed by atoms with van der Waals surface area (Å²) in [5, 5.41) is 8.42. The van der Waals surface area contributed by atoms with Gasteiger partial charge in [0.2, 0.25) is 10.0 Å². The van der Waals surface area contributed by atoms with Gasteiger partial charge in [-0.25, -0.2) is 13.6 Å². The molecular weight excluding hydrogens is 286 g/mol. The topological polar surface area (TPSA) is 98.2 Å². The molecule has 0 heterocycles. The molecule has 5 nitrogen and oxygen atoms in total. The smallest absolute Gasteiger partial charge is 0.238 e. The number of nitrogens with one attached hydrogen (secondary N) is 1. The Labute approximate surface area is 127 Å². The molecule has 1 aromatic rings. The molecule has 1 fully saturated rings. The summed E-state index contributed by atoms with van der Waals surface area (Å²) in [5.74, 6) is 1.56. The maximum absolute atomic E-state index is 11.3. The van der Waals surface area contributed by atoms with E-state index in [9.17, 15) is 8.42 Å². The van der Waals surface area contributed by atoms with E-state index in [0.717, 1.165) is 18.2 Å². The van der Waals surface area contributed by atoms with Crippen LogP contribution in [-0.2, 0) is 10.0 Å². The van der Waals surface area contributed by atoms with E-state index in [0.29, 0.717) is 11.6 Å². The first-order valence-electron chi connectivity index (χ1n) is 7.56. The highest BCUT2D eigenvalue weighted by Gasteiger charge is 2.20. The summed E-state index contributed by atoms with van der Waals surface area (Å²) in [4.78, 5) is 0.0500. The molecule has 2 rings (SSSR count). The van der Waals surface area contributed by atoms with Crippen LogP contribution in [0, 0.1) is 11.8 Å². The zero-order valence-corrected chi connectivity index (χ0v) is 13.3. The fourth-order valence-electron chi connectivity index (χ4n) is 2.98. The maximum atomic E-state index is 11.3. The summed E-state index contributed by atoms with van der Waals surface area (Å²) in [6.45, 7) is 3.15. The van der Waals surface area contributed by atoms with Crippen molar-refractivity contribution < 1.29 is 8.42 Å². The maximum Gasteiger partial charge on any atom is 0.238 e. The zero-order valence-electron chi connectivity index (χ0n) is 12.5. The van der Waals surface area contributed by atoms with E-state index in [2.05, 4.69) is 12.2 Å². The normalized spacial score (nSPS) is 23.0. The molecule has 1 saturated carbocycles. The van der Waals surface area contributed by atoms with Gasteiger partial charge in [-0.3, -0.25) is 0 Å². The van der Waals surface area contributed by atoms with Crippen molar-refractivity contribution in [2.75, 3.05) is 17.6 Å². The fraction of sp³-hybridized carbons (Fsp3) is 0.600. The third-order valence-corrected chi connectivity index (χ3v) is 5.39. The first-order chi connectivity index (χ1) is 9.90. The van der Waals surface area contributed by atoms with Gasteiger partial charge in [0.1, 0.15) is 0 Å². The lowest BCUT2D eigenvalue weighted by molar-refractivity contribution is 0.278. The standard InChI is InChI=1S/C15H25N3O2S/c1-2-11-3-5-12(6-4-11)10-18-15-8-7-13(9-14(15)16)21(17,19)20/h7-9,11-12,18H,2-6,10,16H2,1H3,(H2,17,19,20). The van der Waals surface area contributed by atoms with Gasteiger partial charge in [0, 0.05) is 6.54 Å². The molecule has 0 unspecified atom stereocenters. The lowest BCUT2D eigenvalue weighted by Crippen LogP contribution is -2.21. The van der Waals surface area contributed by atoms with Crippen LogP contribution in [0.25, 0.3) is 0 Å². The van der Waals surface area contributed by atoms with E-state index in [1.165, 1.54) is 44.2 Å². The van der Waals surface area contributed by atoms with Crippen LogP contribution in [0.2, 0.25) is 0 Å². The van der Waals surface area contributed by atoms with E-state index < -0.39 is 10.0 Å². The number of nitrogens with two attached hydrogens (primary N) is 2. The highest BCUT2D eigenvalue weighted by molar-refractivity contribution is 7.89. The first kappa shape index (κ1) is 16.1. The molecule has 0 saturated heterocycles. The minimum absolute atomic E-state index is 0.0500. The predicted octanol–water partition coefficient (Wildman–Crippen LogP) is 2.54. The SMILES string of the molecule is CCC1CCC(CNc2ccc(S(N)(=O)=O)cc2N)CC1. The number of hydrogen-bond acceptors (Lipinski definition) is 4. The van der Waals surface area contributed by atoms with Gasteiger partial charge in [-0.05, 0) is 42.9 Å². The van der Waals surface area contributed by atoms with E-state index in [4.69, 9.17) is 10.9 Å². The van der Waals surface area contributed by atoms with E-state index in [-0.39, 0.29) is 4.90 Å². The molecule has 118 valence electrons. The monoisotopic (exact) mass is 311 g/mol. The van der Waals surface area contributed by atoms with E-state index in [1.807, 2.05) is 0 Å². The number of benzene rings is 1.